The lowest BCUT2D eigenvalue weighted by molar-refractivity contribution is -0.119. The number of halogens is 1. The predicted octanol–water partition coefficient (Wildman–Crippen LogP) is 3.36. The van der Waals surface area contributed by atoms with Crippen molar-refractivity contribution in [1.29, 1.82) is 0 Å². The van der Waals surface area contributed by atoms with Crippen molar-refractivity contribution in [3.8, 4) is 0 Å². The standard InChI is InChI=1S/C21H20ClN3O4/c1-12-4-6-15(14(22)9-12)23-19(26)11-29-21(28)13-5-7-17-16(10-13)24-20(27)18-3-2-8-25(17)18/h4-7,9-10,18H,2-3,8,11H2,1H3,(H,23,26)(H,24,27)/t18-/m0/s1. The summed E-state index contributed by atoms with van der Waals surface area (Å²) < 4.78 is 5.11. The fourth-order valence-electron chi connectivity index (χ4n) is 3.68. The molecular formula is C21H20ClN3O4. The number of amides is 2. The van der Waals surface area contributed by atoms with E-state index >= 15 is 0 Å². The van der Waals surface area contributed by atoms with E-state index < -0.39 is 18.5 Å². The van der Waals surface area contributed by atoms with E-state index in [2.05, 4.69) is 15.5 Å². The average molecular weight is 414 g/mol. The molecule has 7 nitrogen and oxygen atoms in total. The van der Waals surface area contributed by atoms with E-state index in [4.69, 9.17) is 16.3 Å². The molecule has 1 saturated heterocycles. The maximum atomic E-state index is 12.4. The van der Waals surface area contributed by atoms with Gasteiger partial charge in [0.2, 0.25) is 5.91 Å². The van der Waals surface area contributed by atoms with Gasteiger partial charge in [0.05, 0.1) is 27.6 Å². The number of aryl methyl sites for hydroxylation is 1. The largest absolute Gasteiger partial charge is 0.452 e. The molecule has 0 aliphatic carbocycles. The Morgan fingerprint density at radius 2 is 2.10 bits per heavy atom. The van der Waals surface area contributed by atoms with Crippen LogP contribution in [0.3, 0.4) is 0 Å². The van der Waals surface area contributed by atoms with Crippen molar-refractivity contribution in [3.63, 3.8) is 0 Å². The first-order chi connectivity index (χ1) is 13.9. The normalized spacial score (nSPS) is 17.2. The van der Waals surface area contributed by atoms with Gasteiger partial charge in [-0.2, -0.15) is 0 Å². The Kier molecular flexibility index (Phi) is 5.15. The Balaban J connectivity index is 1.39. The summed E-state index contributed by atoms with van der Waals surface area (Å²) in [6, 6.07) is 10.1. The van der Waals surface area contributed by atoms with E-state index in [-0.39, 0.29) is 17.5 Å². The second kappa shape index (κ2) is 7.75. The summed E-state index contributed by atoms with van der Waals surface area (Å²) in [4.78, 5) is 38.7. The van der Waals surface area contributed by atoms with Crippen LogP contribution in [-0.2, 0) is 14.3 Å². The molecule has 1 fully saturated rings. The minimum atomic E-state index is -0.643. The zero-order valence-electron chi connectivity index (χ0n) is 15.8. The van der Waals surface area contributed by atoms with Crippen LogP contribution in [0, 0.1) is 6.92 Å². The third kappa shape index (κ3) is 3.91. The van der Waals surface area contributed by atoms with Crippen LogP contribution in [0.5, 0.6) is 0 Å². The van der Waals surface area contributed by atoms with Gasteiger partial charge < -0.3 is 20.3 Å². The highest BCUT2D eigenvalue weighted by Gasteiger charge is 2.36. The van der Waals surface area contributed by atoms with Crippen LogP contribution in [-0.4, -0.2) is 37.0 Å². The summed E-state index contributed by atoms with van der Waals surface area (Å²) in [6.45, 7) is 2.27. The Morgan fingerprint density at radius 3 is 2.90 bits per heavy atom. The summed E-state index contributed by atoms with van der Waals surface area (Å²) in [5.74, 6) is -1.19. The average Bonchev–Trinajstić information content (AvgIpc) is 3.19. The monoisotopic (exact) mass is 413 g/mol. The third-order valence-electron chi connectivity index (χ3n) is 5.09. The summed E-state index contributed by atoms with van der Waals surface area (Å²) >= 11 is 6.09. The number of rotatable bonds is 4. The summed E-state index contributed by atoms with van der Waals surface area (Å²) in [6.07, 6.45) is 1.79. The molecule has 2 N–H and O–H groups in total. The molecule has 0 spiro atoms. The number of benzene rings is 2. The van der Waals surface area contributed by atoms with Crippen molar-refractivity contribution in [3.05, 3.63) is 52.5 Å². The maximum Gasteiger partial charge on any atom is 0.338 e. The predicted molar refractivity (Wildman–Crippen MR) is 111 cm³/mol. The van der Waals surface area contributed by atoms with Gasteiger partial charge >= 0.3 is 5.97 Å². The number of fused-ring (bicyclic) bond motifs is 3. The highest BCUT2D eigenvalue weighted by atomic mass is 35.5. The van der Waals surface area contributed by atoms with Crippen molar-refractivity contribution < 1.29 is 19.1 Å². The van der Waals surface area contributed by atoms with Crippen molar-refractivity contribution in [2.24, 2.45) is 0 Å². The van der Waals surface area contributed by atoms with Crippen molar-refractivity contribution in [2.45, 2.75) is 25.8 Å². The quantitative estimate of drug-likeness (QED) is 0.750. The molecule has 2 aromatic carbocycles. The number of hydrogen-bond donors (Lipinski definition) is 2. The molecule has 0 unspecified atom stereocenters. The summed E-state index contributed by atoms with van der Waals surface area (Å²) in [7, 11) is 0. The molecule has 2 aromatic rings. The number of carbonyl (C=O) groups excluding carboxylic acids is 3. The molecule has 0 saturated carbocycles. The fourth-order valence-corrected chi connectivity index (χ4v) is 3.96. The minimum Gasteiger partial charge on any atom is -0.452 e. The molecule has 29 heavy (non-hydrogen) atoms. The number of nitrogens with zero attached hydrogens (tertiary/aromatic N) is 1. The molecule has 2 amide bonds. The number of nitrogens with one attached hydrogen (secondary N) is 2. The van der Waals surface area contributed by atoms with Crippen LogP contribution in [0.4, 0.5) is 17.1 Å². The van der Waals surface area contributed by atoms with Gasteiger partial charge in [0.25, 0.3) is 5.91 Å². The molecule has 4 rings (SSSR count). The van der Waals surface area contributed by atoms with E-state index in [1.54, 1.807) is 30.3 Å². The Morgan fingerprint density at radius 1 is 1.28 bits per heavy atom. The maximum absolute atomic E-state index is 12.4. The first-order valence-corrected chi connectivity index (χ1v) is 9.75. The molecule has 1 atom stereocenters. The fraction of sp³-hybridized carbons (Fsp3) is 0.286. The van der Waals surface area contributed by atoms with Crippen molar-refractivity contribution in [2.75, 3.05) is 28.7 Å². The highest BCUT2D eigenvalue weighted by molar-refractivity contribution is 6.33. The van der Waals surface area contributed by atoms with Gasteiger partial charge in [-0.1, -0.05) is 17.7 Å². The van der Waals surface area contributed by atoms with Gasteiger partial charge in [-0.3, -0.25) is 9.59 Å². The van der Waals surface area contributed by atoms with Crippen LogP contribution >= 0.6 is 11.6 Å². The topological polar surface area (TPSA) is 87.7 Å². The van der Waals surface area contributed by atoms with E-state index in [0.717, 1.165) is 30.6 Å². The van der Waals surface area contributed by atoms with E-state index in [9.17, 15) is 14.4 Å². The zero-order chi connectivity index (χ0) is 20.5. The summed E-state index contributed by atoms with van der Waals surface area (Å²) in [5.41, 5.74) is 3.17. The molecule has 150 valence electrons. The van der Waals surface area contributed by atoms with Gasteiger partial charge in [0.15, 0.2) is 6.61 Å². The van der Waals surface area contributed by atoms with Gasteiger partial charge in [0, 0.05) is 6.54 Å². The molecule has 0 aromatic heterocycles. The number of ether oxygens (including phenoxy) is 1. The van der Waals surface area contributed by atoms with E-state index in [1.165, 1.54) is 0 Å². The minimum absolute atomic E-state index is 0.0603. The Labute approximate surface area is 173 Å². The second-order valence-corrected chi connectivity index (χ2v) is 7.59. The van der Waals surface area contributed by atoms with Crippen LogP contribution in [0.2, 0.25) is 5.02 Å². The van der Waals surface area contributed by atoms with Gasteiger partial charge in [0.1, 0.15) is 6.04 Å². The molecule has 2 heterocycles. The van der Waals surface area contributed by atoms with Crippen molar-refractivity contribution in [1.82, 2.24) is 0 Å². The third-order valence-corrected chi connectivity index (χ3v) is 5.40. The van der Waals surface area contributed by atoms with Gasteiger partial charge in [-0.25, -0.2) is 4.79 Å². The molecule has 0 radical (unpaired) electrons. The first kappa shape index (κ1) is 19.3. The molecule has 0 bridgehead atoms. The van der Waals surface area contributed by atoms with Gasteiger partial charge in [-0.05, 0) is 55.7 Å². The first-order valence-electron chi connectivity index (χ1n) is 9.37. The van der Waals surface area contributed by atoms with Gasteiger partial charge in [-0.15, -0.1) is 0 Å². The number of esters is 1. The zero-order valence-corrected chi connectivity index (χ0v) is 16.6. The SMILES string of the molecule is Cc1ccc(NC(=O)COC(=O)c2ccc3c(c2)NC(=O)[C@@H]2CCCN32)c(Cl)c1. The molecule has 2 aliphatic heterocycles. The Bertz CT molecular complexity index is 1010. The van der Waals surface area contributed by atoms with Crippen molar-refractivity contribution >= 4 is 46.4 Å². The lowest BCUT2D eigenvalue weighted by Gasteiger charge is -2.33. The molecule has 8 heteroatoms. The van der Waals surface area contributed by atoms with Crippen LogP contribution in [0.25, 0.3) is 0 Å². The van der Waals surface area contributed by atoms with Crippen LogP contribution in [0.1, 0.15) is 28.8 Å². The van der Waals surface area contributed by atoms with Crippen LogP contribution < -0.4 is 15.5 Å². The second-order valence-electron chi connectivity index (χ2n) is 7.18. The van der Waals surface area contributed by atoms with Crippen LogP contribution in [0.15, 0.2) is 36.4 Å². The smallest absolute Gasteiger partial charge is 0.338 e. The number of anilines is 3. The highest BCUT2D eigenvalue weighted by Crippen LogP contribution is 2.37. The molecular weight excluding hydrogens is 394 g/mol. The Hall–Kier alpha value is -3.06. The number of carbonyl (C=O) groups is 3. The van der Waals surface area contributed by atoms with E-state index in [0.29, 0.717) is 16.4 Å². The lowest BCUT2D eigenvalue weighted by Crippen LogP contribution is -2.43. The molecule has 2 aliphatic rings. The lowest BCUT2D eigenvalue weighted by atomic mass is 10.1. The van der Waals surface area contributed by atoms with E-state index in [1.807, 2.05) is 13.0 Å². The number of hydrogen-bond acceptors (Lipinski definition) is 5. The summed E-state index contributed by atoms with van der Waals surface area (Å²) in [5, 5.41) is 5.88.